The van der Waals surface area contributed by atoms with Gasteiger partial charge in [0.2, 0.25) is 0 Å². The summed E-state index contributed by atoms with van der Waals surface area (Å²) in [5.41, 5.74) is 5.49. The molecule has 1 aliphatic carbocycles. The molecule has 1 N–H and O–H groups in total. The van der Waals surface area contributed by atoms with Crippen molar-refractivity contribution in [2.24, 2.45) is 11.0 Å². The molecule has 0 heterocycles. The van der Waals surface area contributed by atoms with Crippen molar-refractivity contribution >= 4 is 11.6 Å². The minimum atomic E-state index is -0.113. The van der Waals surface area contributed by atoms with Crippen LogP contribution in [0.15, 0.2) is 29.4 Å². The third kappa shape index (κ3) is 2.97. The standard InChI is InChI=1S/C15H20N2O/c1-11-7-3-5-9-13(11)15(18)17-16-14-10-6-4-8-12(14)2/h3,5,7,9,12H,4,6,8,10H2,1-2H3,(H,17,18). The highest BCUT2D eigenvalue weighted by Crippen LogP contribution is 2.20. The fourth-order valence-electron chi connectivity index (χ4n) is 2.35. The number of nitrogens with one attached hydrogen (secondary N) is 1. The first-order valence-electron chi connectivity index (χ1n) is 6.61. The molecule has 2 rings (SSSR count). The van der Waals surface area contributed by atoms with E-state index < -0.39 is 0 Å². The SMILES string of the molecule is Cc1ccccc1C(=O)NN=C1CCCCC1C. The van der Waals surface area contributed by atoms with Crippen LogP contribution >= 0.6 is 0 Å². The second-order valence-electron chi connectivity index (χ2n) is 5.01. The van der Waals surface area contributed by atoms with Gasteiger partial charge in [-0.2, -0.15) is 5.10 Å². The largest absolute Gasteiger partial charge is 0.271 e. The maximum atomic E-state index is 12.0. The maximum Gasteiger partial charge on any atom is 0.271 e. The van der Waals surface area contributed by atoms with Crippen LogP contribution in [0.5, 0.6) is 0 Å². The van der Waals surface area contributed by atoms with E-state index in [4.69, 9.17) is 0 Å². The third-order valence-electron chi connectivity index (χ3n) is 3.58. The van der Waals surface area contributed by atoms with E-state index in [2.05, 4.69) is 17.5 Å². The van der Waals surface area contributed by atoms with Gasteiger partial charge in [0.1, 0.15) is 0 Å². The predicted octanol–water partition coefficient (Wildman–Crippen LogP) is 3.29. The number of benzene rings is 1. The van der Waals surface area contributed by atoms with Gasteiger partial charge >= 0.3 is 0 Å². The van der Waals surface area contributed by atoms with E-state index in [0.29, 0.717) is 11.5 Å². The summed E-state index contributed by atoms with van der Waals surface area (Å²) in [5, 5.41) is 4.30. The molecule has 1 aromatic rings. The van der Waals surface area contributed by atoms with E-state index in [1.807, 2.05) is 31.2 Å². The molecule has 0 spiro atoms. The Morgan fingerprint density at radius 1 is 1.33 bits per heavy atom. The van der Waals surface area contributed by atoms with Crippen LogP contribution in [-0.2, 0) is 0 Å². The molecule has 1 unspecified atom stereocenters. The number of nitrogens with zero attached hydrogens (tertiary/aromatic N) is 1. The van der Waals surface area contributed by atoms with Gasteiger partial charge in [-0.05, 0) is 43.7 Å². The lowest BCUT2D eigenvalue weighted by atomic mass is 9.89. The fraction of sp³-hybridized carbons (Fsp3) is 0.467. The predicted molar refractivity (Wildman–Crippen MR) is 73.7 cm³/mol. The molecule has 1 aromatic carbocycles. The summed E-state index contributed by atoms with van der Waals surface area (Å²) >= 11 is 0. The van der Waals surface area contributed by atoms with Crippen LogP contribution in [0.4, 0.5) is 0 Å². The zero-order chi connectivity index (χ0) is 13.0. The Labute approximate surface area is 108 Å². The Bertz CT molecular complexity index is 465. The molecule has 3 nitrogen and oxygen atoms in total. The van der Waals surface area contributed by atoms with Crippen molar-refractivity contribution in [3.05, 3.63) is 35.4 Å². The number of hydrogen-bond acceptors (Lipinski definition) is 2. The number of carbonyl (C=O) groups excluding carboxylic acids is 1. The van der Waals surface area contributed by atoms with Crippen LogP contribution in [0.1, 0.15) is 48.5 Å². The monoisotopic (exact) mass is 244 g/mol. The summed E-state index contributed by atoms with van der Waals surface area (Å²) in [7, 11) is 0. The highest BCUT2D eigenvalue weighted by atomic mass is 16.2. The smallest absolute Gasteiger partial charge is 0.267 e. The summed E-state index contributed by atoms with van der Waals surface area (Å²) in [4.78, 5) is 12.0. The zero-order valence-corrected chi connectivity index (χ0v) is 11.1. The Hall–Kier alpha value is -1.64. The molecule has 1 atom stereocenters. The maximum absolute atomic E-state index is 12.0. The Kier molecular flexibility index (Phi) is 4.13. The number of amides is 1. The normalized spacial score (nSPS) is 21.9. The lowest BCUT2D eigenvalue weighted by Gasteiger charge is -2.19. The molecule has 3 heteroatoms. The minimum Gasteiger partial charge on any atom is -0.267 e. The van der Waals surface area contributed by atoms with Gasteiger partial charge in [0, 0.05) is 11.3 Å². The van der Waals surface area contributed by atoms with Crippen LogP contribution in [0.2, 0.25) is 0 Å². The zero-order valence-electron chi connectivity index (χ0n) is 11.1. The summed E-state index contributed by atoms with van der Waals surface area (Å²) < 4.78 is 0. The summed E-state index contributed by atoms with van der Waals surface area (Å²) in [6.45, 7) is 4.11. The minimum absolute atomic E-state index is 0.113. The van der Waals surface area contributed by atoms with E-state index >= 15 is 0 Å². The van der Waals surface area contributed by atoms with Gasteiger partial charge in [0.25, 0.3) is 5.91 Å². The van der Waals surface area contributed by atoms with E-state index in [9.17, 15) is 4.79 Å². The van der Waals surface area contributed by atoms with Gasteiger partial charge in [-0.3, -0.25) is 4.79 Å². The molecular formula is C15H20N2O. The van der Waals surface area contributed by atoms with Crippen LogP contribution in [0.25, 0.3) is 0 Å². The van der Waals surface area contributed by atoms with Crippen molar-refractivity contribution in [1.82, 2.24) is 5.43 Å². The molecule has 96 valence electrons. The number of hydrazone groups is 1. The van der Waals surface area contributed by atoms with Crippen molar-refractivity contribution < 1.29 is 4.79 Å². The fourth-order valence-corrected chi connectivity index (χ4v) is 2.35. The quantitative estimate of drug-likeness (QED) is 0.797. The van der Waals surface area contributed by atoms with Crippen LogP contribution < -0.4 is 5.43 Å². The second-order valence-corrected chi connectivity index (χ2v) is 5.01. The van der Waals surface area contributed by atoms with E-state index in [0.717, 1.165) is 17.7 Å². The third-order valence-corrected chi connectivity index (χ3v) is 3.58. The van der Waals surface area contributed by atoms with Crippen LogP contribution in [0, 0.1) is 12.8 Å². The first kappa shape index (κ1) is 12.8. The highest BCUT2D eigenvalue weighted by molar-refractivity contribution is 5.97. The number of carbonyl (C=O) groups is 1. The first-order chi connectivity index (χ1) is 8.68. The molecule has 0 aliphatic heterocycles. The highest BCUT2D eigenvalue weighted by Gasteiger charge is 2.16. The molecule has 0 radical (unpaired) electrons. The lowest BCUT2D eigenvalue weighted by Crippen LogP contribution is -2.24. The van der Waals surface area contributed by atoms with E-state index in [1.165, 1.54) is 19.3 Å². The van der Waals surface area contributed by atoms with Gasteiger partial charge in [-0.25, -0.2) is 5.43 Å². The number of aryl methyl sites for hydroxylation is 1. The summed E-state index contributed by atoms with van der Waals surface area (Å²) in [6.07, 6.45) is 4.64. The molecule has 0 aromatic heterocycles. The van der Waals surface area contributed by atoms with Crippen molar-refractivity contribution in [2.45, 2.75) is 39.5 Å². The van der Waals surface area contributed by atoms with Gasteiger partial charge < -0.3 is 0 Å². The van der Waals surface area contributed by atoms with Crippen molar-refractivity contribution in [1.29, 1.82) is 0 Å². The van der Waals surface area contributed by atoms with Gasteiger partial charge in [0.15, 0.2) is 0 Å². The molecule has 0 bridgehead atoms. The topological polar surface area (TPSA) is 41.5 Å². The summed E-state index contributed by atoms with van der Waals surface area (Å²) in [5.74, 6) is 0.384. The Morgan fingerprint density at radius 3 is 2.83 bits per heavy atom. The molecule has 1 aliphatic rings. The molecule has 0 saturated heterocycles. The molecule has 18 heavy (non-hydrogen) atoms. The molecule has 1 fully saturated rings. The Morgan fingerprint density at radius 2 is 2.11 bits per heavy atom. The summed E-state index contributed by atoms with van der Waals surface area (Å²) in [6, 6.07) is 7.57. The van der Waals surface area contributed by atoms with Crippen molar-refractivity contribution in [2.75, 3.05) is 0 Å². The average Bonchev–Trinajstić information content (AvgIpc) is 2.38. The van der Waals surface area contributed by atoms with E-state index in [1.54, 1.807) is 0 Å². The molecule has 1 amide bonds. The van der Waals surface area contributed by atoms with Gasteiger partial charge in [-0.15, -0.1) is 0 Å². The Balaban J connectivity index is 2.04. The van der Waals surface area contributed by atoms with Gasteiger partial charge in [-0.1, -0.05) is 31.5 Å². The van der Waals surface area contributed by atoms with Gasteiger partial charge in [0.05, 0.1) is 0 Å². The molecular weight excluding hydrogens is 224 g/mol. The average molecular weight is 244 g/mol. The second kappa shape index (κ2) is 5.80. The van der Waals surface area contributed by atoms with Crippen molar-refractivity contribution in [3.8, 4) is 0 Å². The number of rotatable bonds is 2. The lowest BCUT2D eigenvalue weighted by molar-refractivity contribution is 0.0954. The molecule has 1 saturated carbocycles. The van der Waals surface area contributed by atoms with Crippen LogP contribution in [-0.4, -0.2) is 11.6 Å². The van der Waals surface area contributed by atoms with Crippen LogP contribution in [0.3, 0.4) is 0 Å². The first-order valence-corrected chi connectivity index (χ1v) is 6.61. The number of hydrogen-bond donors (Lipinski definition) is 1. The van der Waals surface area contributed by atoms with E-state index in [-0.39, 0.29) is 5.91 Å². The van der Waals surface area contributed by atoms with Crippen molar-refractivity contribution in [3.63, 3.8) is 0 Å².